The van der Waals surface area contributed by atoms with E-state index in [9.17, 15) is 4.79 Å². The van der Waals surface area contributed by atoms with E-state index in [1.165, 1.54) is 0 Å². The van der Waals surface area contributed by atoms with Crippen LogP contribution >= 0.6 is 15.9 Å². The standard InChI is InChI=1S/C18H23BrO/c1-12(2)18(4)10-9-13(3)16(17(18)20)11-14-5-7-15(19)8-6-14/h5-8,11-13H,9-10H2,1-4H3/t13-,18-/m0/s1. The summed E-state index contributed by atoms with van der Waals surface area (Å²) in [6.45, 7) is 8.61. The van der Waals surface area contributed by atoms with E-state index in [0.717, 1.165) is 28.5 Å². The number of halogens is 1. The number of allylic oxidation sites excluding steroid dienone is 1. The van der Waals surface area contributed by atoms with E-state index in [2.05, 4.69) is 61.8 Å². The summed E-state index contributed by atoms with van der Waals surface area (Å²) in [5.74, 6) is 1.09. The molecule has 0 aliphatic heterocycles. The Kier molecular flexibility index (Phi) is 4.53. The first-order valence-corrected chi connectivity index (χ1v) is 8.16. The van der Waals surface area contributed by atoms with Crippen molar-refractivity contribution in [3.05, 3.63) is 39.9 Å². The molecule has 0 radical (unpaired) electrons. The van der Waals surface area contributed by atoms with Crippen LogP contribution in [-0.2, 0) is 4.79 Å². The minimum atomic E-state index is -0.201. The molecule has 0 amide bonds. The summed E-state index contributed by atoms with van der Waals surface area (Å²) in [5.41, 5.74) is 1.90. The van der Waals surface area contributed by atoms with Gasteiger partial charge in [-0.3, -0.25) is 4.79 Å². The fourth-order valence-corrected chi connectivity index (χ4v) is 3.10. The molecule has 2 rings (SSSR count). The Hall–Kier alpha value is -0.890. The van der Waals surface area contributed by atoms with E-state index in [4.69, 9.17) is 0 Å². The molecule has 0 spiro atoms. The van der Waals surface area contributed by atoms with Gasteiger partial charge in [-0.1, -0.05) is 55.8 Å². The summed E-state index contributed by atoms with van der Waals surface area (Å²) >= 11 is 3.44. The van der Waals surface area contributed by atoms with Crippen LogP contribution in [0.5, 0.6) is 0 Å². The Labute approximate surface area is 130 Å². The number of carbonyl (C=O) groups is 1. The van der Waals surface area contributed by atoms with Crippen LogP contribution in [0.4, 0.5) is 0 Å². The van der Waals surface area contributed by atoms with Gasteiger partial charge in [0, 0.05) is 9.89 Å². The Morgan fingerprint density at radius 2 is 1.90 bits per heavy atom. The maximum absolute atomic E-state index is 12.9. The summed E-state index contributed by atoms with van der Waals surface area (Å²) in [4.78, 5) is 12.9. The highest BCUT2D eigenvalue weighted by Crippen LogP contribution is 2.44. The maximum Gasteiger partial charge on any atom is 0.165 e. The first kappa shape index (κ1) is 15.5. The summed E-state index contributed by atoms with van der Waals surface area (Å²) < 4.78 is 1.06. The fourth-order valence-electron chi connectivity index (χ4n) is 2.84. The van der Waals surface area contributed by atoms with Crippen LogP contribution in [-0.4, -0.2) is 5.78 Å². The van der Waals surface area contributed by atoms with E-state index >= 15 is 0 Å². The third kappa shape index (κ3) is 2.90. The lowest BCUT2D eigenvalue weighted by Gasteiger charge is -2.39. The molecule has 0 unspecified atom stereocenters. The first-order valence-electron chi connectivity index (χ1n) is 7.36. The number of hydrogen-bond donors (Lipinski definition) is 0. The molecule has 0 saturated heterocycles. The summed E-state index contributed by atoms with van der Waals surface area (Å²) in [5, 5.41) is 0. The predicted octanol–water partition coefficient (Wildman–Crippen LogP) is 5.49. The molecular formula is C18H23BrO. The third-order valence-corrected chi connectivity index (χ3v) is 5.40. The van der Waals surface area contributed by atoms with Gasteiger partial charge < -0.3 is 0 Å². The monoisotopic (exact) mass is 334 g/mol. The van der Waals surface area contributed by atoms with Crippen molar-refractivity contribution < 1.29 is 4.79 Å². The van der Waals surface area contributed by atoms with Gasteiger partial charge in [0.1, 0.15) is 0 Å². The van der Waals surface area contributed by atoms with E-state index in [1.807, 2.05) is 12.1 Å². The van der Waals surface area contributed by atoms with E-state index in [0.29, 0.717) is 17.6 Å². The summed E-state index contributed by atoms with van der Waals surface area (Å²) in [7, 11) is 0. The summed E-state index contributed by atoms with van der Waals surface area (Å²) in [6.07, 6.45) is 4.18. The molecular weight excluding hydrogens is 312 g/mol. The van der Waals surface area contributed by atoms with Gasteiger partial charge in [0.15, 0.2) is 5.78 Å². The SMILES string of the molecule is CC(C)[C@]1(C)CC[C@H](C)C(=Cc2ccc(Br)cc2)C1=O. The zero-order chi connectivity index (χ0) is 14.9. The van der Waals surface area contributed by atoms with Crippen molar-refractivity contribution in [2.45, 2.75) is 40.5 Å². The second-order valence-corrected chi connectivity index (χ2v) is 7.41. The second-order valence-electron chi connectivity index (χ2n) is 6.49. The molecule has 0 aromatic heterocycles. The highest BCUT2D eigenvalue weighted by Gasteiger charge is 2.42. The quantitative estimate of drug-likeness (QED) is 0.653. The molecule has 2 heteroatoms. The zero-order valence-corrected chi connectivity index (χ0v) is 14.3. The number of hydrogen-bond acceptors (Lipinski definition) is 1. The molecule has 1 aromatic rings. The van der Waals surface area contributed by atoms with Crippen molar-refractivity contribution in [2.24, 2.45) is 17.3 Å². The van der Waals surface area contributed by atoms with Gasteiger partial charge in [-0.2, -0.15) is 0 Å². The van der Waals surface area contributed by atoms with E-state index in [1.54, 1.807) is 0 Å². The number of rotatable bonds is 2. The molecule has 108 valence electrons. The Balaban J connectivity index is 2.37. The topological polar surface area (TPSA) is 17.1 Å². The molecule has 1 saturated carbocycles. The molecule has 0 N–H and O–H groups in total. The average molecular weight is 335 g/mol. The summed E-state index contributed by atoms with van der Waals surface area (Å²) in [6, 6.07) is 8.15. The Bertz CT molecular complexity index is 527. The zero-order valence-electron chi connectivity index (χ0n) is 12.7. The van der Waals surface area contributed by atoms with Crippen molar-refractivity contribution in [2.75, 3.05) is 0 Å². The largest absolute Gasteiger partial charge is 0.294 e. The van der Waals surface area contributed by atoms with Crippen LogP contribution in [0.25, 0.3) is 6.08 Å². The average Bonchev–Trinajstić information content (AvgIpc) is 2.41. The van der Waals surface area contributed by atoms with Gasteiger partial charge in [-0.15, -0.1) is 0 Å². The lowest BCUT2D eigenvalue weighted by molar-refractivity contribution is -0.129. The van der Waals surface area contributed by atoms with Gasteiger partial charge in [0.2, 0.25) is 0 Å². The molecule has 1 nitrogen and oxygen atoms in total. The smallest absolute Gasteiger partial charge is 0.165 e. The van der Waals surface area contributed by atoms with E-state index in [-0.39, 0.29) is 5.41 Å². The van der Waals surface area contributed by atoms with Crippen LogP contribution in [0.15, 0.2) is 34.3 Å². The van der Waals surface area contributed by atoms with Gasteiger partial charge in [-0.05, 0) is 54.0 Å². The minimum Gasteiger partial charge on any atom is -0.294 e. The van der Waals surface area contributed by atoms with Crippen molar-refractivity contribution >= 4 is 27.8 Å². The number of benzene rings is 1. The lowest BCUT2D eigenvalue weighted by atomic mass is 9.63. The molecule has 1 aliphatic rings. The van der Waals surface area contributed by atoms with Crippen molar-refractivity contribution in [1.29, 1.82) is 0 Å². The van der Waals surface area contributed by atoms with Gasteiger partial charge in [-0.25, -0.2) is 0 Å². The van der Waals surface area contributed by atoms with Gasteiger partial charge >= 0.3 is 0 Å². The first-order chi connectivity index (χ1) is 9.34. The van der Waals surface area contributed by atoms with E-state index < -0.39 is 0 Å². The van der Waals surface area contributed by atoms with Crippen LogP contribution in [0, 0.1) is 17.3 Å². The Morgan fingerprint density at radius 3 is 2.45 bits per heavy atom. The van der Waals surface area contributed by atoms with Crippen LogP contribution in [0.2, 0.25) is 0 Å². The van der Waals surface area contributed by atoms with Gasteiger partial charge in [0.25, 0.3) is 0 Å². The van der Waals surface area contributed by atoms with Gasteiger partial charge in [0.05, 0.1) is 0 Å². The highest BCUT2D eigenvalue weighted by molar-refractivity contribution is 9.10. The predicted molar refractivity (Wildman–Crippen MR) is 88.5 cm³/mol. The van der Waals surface area contributed by atoms with Crippen molar-refractivity contribution in [3.63, 3.8) is 0 Å². The molecule has 1 aromatic carbocycles. The second kappa shape index (κ2) is 5.85. The number of carbonyl (C=O) groups excluding carboxylic acids is 1. The third-order valence-electron chi connectivity index (χ3n) is 4.87. The van der Waals surface area contributed by atoms with Crippen LogP contribution < -0.4 is 0 Å². The van der Waals surface area contributed by atoms with Crippen LogP contribution in [0.1, 0.15) is 46.1 Å². The molecule has 1 aliphatic carbocycles. The minimum absolute atomic E-state index is 0.201. The van der Waals surface area contributed by atoms with Crippen molar-refractivity contribution in [3.8, 4) is 0 Å². The maximum atomic E-state index is 12.9. The molecule has 20 heavy (non-hydrogen) atoms. The lowest BCUT2D eigenvalue weighted by Crippen LogP contribution is -2.40. The van der Waals surface area contributed by atoms with Crippen molar-refractivity contribution in [1.82, 2.24) is 0 Å². The molecule has 0 heterocycles. The Morgan fingerprint density at radius 1 is 1.30 bits per heavy atom. The molecule has 1 fully saturated rings. The number of Topliss-reactive ketones (excluding diaryl/α,β-unsaturated/α-hetero) is 1. The number of ketones is 1. The normalized spacial score (nSPS) is 29.2. The van der Waals surface area contributed by atoms with Crippen LogP contribution in [0.3, 0.4) is 0 Å². The fraction of sp³-hybridized carbons (Fsp3) is 0.500. The molecule has 0 bridgehead atoms. The highest BCUT2D eigenvalue weighted by atomic mass is 79.9. The molecule has 2 atom stereocenters.